The zero-order valence-corrected chi connectivity index (χ0v) is 11.7. The van der Waals surface area contributed by atoms with Crippen LogP contribution in [0.2, 0.25) is 0 Å². The van der Waals surface area contributed by atoms with Gasteiger partial charge in [-0.05, 0) is 42.8 Å². The predicted octanol–water partition coefficient (Wildman–Crippen LogP) is 3.80. The molecular weight excluding hydrogens is 248 g/mol. The largest absolute Gasteiger partial charge is 0.508 e. The summed E-state index contributed by atoms with van der Waals surface area (Å²) < 4.78 is 2.23. The van der Waals surface area contributed by atoms with Crippen LogP contribution in [0.4, 0.5) is 5.69 Å². The normalized spacial score (nSPS) is 10.9. The molecule has 0 radical (unpaired) electrons. The highest BCUT2D eigenvalue weighted by molar-refractivity contribution is 5.85. The SMILES string of the molecule is Cc1c(CNc2ccc(O)cc2)n(C)c2ccccc12. The molecule has 2 aromatic carbocycles. The molecule has 0 aliphatic carbocycles. The number of hydrogen-bond donors (Lipinski definition) is 2. The van der Waals surface area contributed by atoms with Crippen LogP contribution in [-0.2, 0) is 13.6 Å². The number of anilines is 1. The number of benzene rings is 2. The van der Waals surface area contributed by atoms with Crippen LogP contribution in [0.25, 0.3) is 10.9 Å². The van der Waals surface area contributed by atoms with E-state index >= 15 is 0 Å². The number of nitrogens with zero attached hydrogens (tertiary/aromatic N) is 1. The minimum atomic E-state index is 0.288. The zero-order valence-electron chi connectivity index (χ0n) is 11.7. The van der Waals surface area contributed by atoms with Crippen molar-refractivity contribution < 1.29 is 5.11 Å². The standard InChI is InChI=1S/C17H18N2O/c1-12-15-5-3-4-6-16(15)19(2)17(12)11-18-13-7-9-14(20)10-8-13/h3-10,18,20H,11H2,1-2H3. The molecule has 3 nitrogen and oxygen atoms in total. The van der Waals surface area contributed by atoms with Crippen molar-refractivity contribution in [2.24, 2.45) is 7.05 Å². The predicted molar refractivity (Wildman–Crippen MR) is 83.1 cm³/mol. The van der Waals surface area contributed by atoms with Crippen molar-refractivity contribution in [3.05, 3.63) is 59.8 Å². The Morgan fingerprint density at radius 1 is 1.05 bits per heavy atom. The van der Waals surface area contributed by atoms with Crippen molar-refractivity contribution in [1.82, 2.24) is 4.57 Å². The Hall–Kier alpha value is -2.42. The first kappa shape index (κ1) is 12.6. The highest BCUT2D eigenvalue weighted by atomic mass is 16.3. The van der Waals surface area contributed by atoms with Crippen molar-refractivity contribution in [1.29, 1.82) is 0 Å². The molecule has 0 spiro atoms. The van der Waals surface area contributed by atoms with E-state index in [-0.39, 0.29) is 5.75 Å². The summed E-state index contributed by atoms with van der Waals surface area (Å²) >= 11 is 0. The molecule has 0 amide bonds. The van der Waals surface area contributed by atoms with Gasteiger partial charge >= 0.3 is 0 Å². The third-order valence-corrected chi connectivity index (χ3v) is 3.83. The average molecular weight is 266 g/mol. The number of aromatic nitrogens is 1. The van der Waals surface area contributed by atoms with Gasteiger partial charge in [0.1, 0.15) is 5.75 Å². The molecule has 0 atom stereocenters. The molecule has 20 heavy (non-hydrogen) atoms. The lowest BCUT2D eigenvalue weighted by atomic mass is 10.1. The number of hydrogen-bond acceptors (Lipinski definition) is 2. The first-order chi connectivity index (χ1) is 9.66. The smallest absolute Gasteiger partial charge is 0.115 e. The Morgan fingerprint density at radius 3 is 2.45 bits per heavy atom. The van der Waals surface area contributed by atoms with Gasteiger partial charge in [0.05, 0.1) is 6.54 Å². The lowest BCUT2D eigenvalue weighted by Crippen LogP contribution is -2.05. The highest BCUT2D eigenvalue weighted by Gasteiger charge is 2.10. The molecule has 0 aliphatic rings. The number of phenolic OH excluding ortho intramolecular Hbond substituents is 1. The summed E-state index contributed by atoms with van der Waals surface area (Å²) in [5.74, 6) is 0.288. The summed E-state index contributed by atoms with van der Waals surface area (Å²) in [6.45, 7) is 2.93. The second-order valence-corrected chi connectivity index (χ2v) is 5.05. The zero-order chi connectivity index (χ0) is 14.1. The third-order valence-electron chi connectivity index (χ3n) is 3.83. The lowest BCUT2D eigenvalue weighted by molar-refractivity contribution is 0.475. The monoisotopic (exact) mass is 266 g/mol. The van der Waals surface area contributed by atoms with E-state index in [9.17, 15) is 5.11 Å². The van der Waals surface area contributed by atoms with Gasteiger partial charge in [-0.25, -0.2) is 0 Å². The van der Waals surface area contributed by atoms with Gasteiger partial charge in [-0.1, -0.05) is 18.2 Å². The van der Waals surface area contributed by atoms with E-state index in [0.717, 1.165) is 12.2 Å². The highest BCUT2D eigenvalue weighted by Crippen LogP contribution is 2.25. The maximum Gasteiger partial charge on any atom is 0.115 e. The minimum Gasteiger partial charge on any atom is -0.508 e. The van der Waals surface area contributed by atoms with Crippen LogP contribution in [0.3, 0.4) is 0 Å². The Morgan fingerprint density at radius 2 is 1.75 bits per heavy atom. The van der Waals surface area contributed by atoms with Gasteiger partial charge in [-0.3, -0.25) is 0 Å². The van der Waals surface area contributed by atoms with Gasteiger partial charge < -0.3 is 15.0 Å². The molecule has 1 aromatic heterocycles. The number of phenols is 1. The molecule has 102 valence electrons. The maximum atomic E-state index is 9.29. The number of aromatic hydroxyl groups is 1. The molecule has 0 unspecified atom stereocenters. The van der Waals surface area contributed by atoms with Crippen LogP contribution in [-0.4, -0.2) is 9.67 Å². The van der Waals surface area contributed by atoms with Crippen molar-refractivity contribution in [2.45, 2.75) is 13.5 Å². The molecule has 2 N–H and O–H groups in total. The fourth-order valence-electron chi connectivity index (χ4n) is 2.65. The van der Waals surface area contributed by atoms with Crippen LogP contribution >= 0.6 is 0 Å². The molecule has 1 heterocycles. The summed E-state index contributed by atoms with van der Waals surface area (Å²) in [6, 6.07) is 15.6. The van der Waals surface area contributed by atoms with E-state index in [2.05, 4.69) is 48.1 Å². The quantitative estimate of drug-likeness (QED) is 0.707. The number of rotatable bonds is 3. The molecule has 3 aromatic rings. The van der Waals surface area contributed by atoms with Crippen LogP contribution in [0, 0.1) is 6.92 Å². The third kappa shape index (κ3) is 2.11. The van der Waals surface area contributed by atoms with Gasteiger partial charge in [0.2, 0.25) is 0 Å². The van der Waals surface area contributed by atoms with Gasteiger partial charge in [0, 0.05) is 29.3 Å². The summed E-state index contributed by atoms with van der Waals surface area (Å²) in [4.78, 5) is 0. The number of nitrogens with one attached hydrogen (secondary N) is 1. The van der Waals surface area contributed by atoms with Crippen LogP contribution in [0.5, 0.6) is 5.75 Å². The second kappa shape index (κ2) is 4.93. The first-order valence-electron chi connectivity index (χ1n) is 6.72. The second-order valence-electron chi connectivity index (χ2n) is 5.05. The first-order valence-corrected chi connectivity index (χ1v) is 6.72. The van der Waals surface area contributed by atoms with Gasteiger partial charge in [-0.15, -0.1) is 0 Å². The van der Waals surface area contributed by atoms with Crippen molar-refractivity contribution in [2.75, 3.05) is 5.32 Å². The van der Waals surface area contributed by atoms with E-state index in [1.807, 2.05) is 12.1 Å². The van der Waals surface area contributed by atoms with Crippen molar-refractivity contribution >= 4 is 16.6 Å². The van der Waals surface area contributed by atoms with Crippen LogP contribution in [0.1, 0.15) is 11.3 Å². The topological polar surface area (TPSA) is 37.2 Å². The number of para-hydroxylation sites is 1. The van der Waals surface area contributed by atoms with Crippen molar-refractivity contribution in [3.63, 3.8) is 0 Å². The van der Waals surface area contributed by atoms with Crippen LogP contribution in [0.15, 0.2) is 48.5 Å². The van der Waals surface area contributed by atoms with E-state index in [4.69, 9.17) is 0 Å². The lowest BCUT2D eigenvalue weighted by Gasteiger charge is -2.09. The fourth-order valence-corrected chi connectivity index (χ4v) is 2.65. The summed E-state index contributed by atoms with van der Waals surface area (Å²) in [7, 11) is 2.10. The van der Waals surface area contributed by atoms with Gasteiger partial charge in [-0.2, -0.15) is 0 Å². The number of fused-ring (bicyclic) bond motifs is 1. The molecule has 0 saturated carbocycles. The molecule has 0 bridgehead atoms. The average Bonchev–Trinajstić information content (AvgIpc) is 2.71. The molecule has 0 fully saturated rings. The number of aryl methyl sites for hydroxylation is 2. The molecule has 0 saturated heterocycles. The summed E-state index contributed by atoms with van der Waals surface area (Å²) in [5.41, 5.74) is 4.86. The molecule has 0 aliphatic heterocycles. The Balaban J connectivity index is 1.89. The van der Waals surface area contributed by atoms with Gasteiger partial charge in [0.15, 0.2) is 0 Å². The van der Waals surface area contributed by atoms with Crippen molar-refractivity contribution in [3.8, 4) is 5.75 Å². The Kier molecular flexibility index (Phi) is 3.11. The van der Waals surface area contributed by atoms with E-state index in [1.54, 1.807) is 12.1 Å². The van der Waals surface area contributed by atoms with E-state index in [1.165, 1.54) is 22.2 Å². The summed E-state index contributed by atoms with van der Waals surface area (Å²) in [5, 5.41) is 14.0. The molecule has 3 heteroatoms. The maximum absolute atomic E-state index is 9.29. The van der Waals surface area contributed by atoms with E-state index in [0.29, 0.717) is 0 Å². The molecule has 3 rings (SSSR count). The fraction of sp³-hybridized carbons (Fsp3) is 0.176. The molecular formula is C17H18N2O. The minimum absolute atomic E-state index is 0.288. The summed E-state index contributed by atoms with van der Waals surface area (Å²) in [6.07, 6.45) is 0. The Labute approximate surface area is 118 Å². The van der Waals surface area contributed by atoms with Crippen LogP contribution < -0.4 is 5.32 Å². The van der Waals surface area contributed by atoms with E-state index < -0.39 is 0 Å². The Bertz CT molecular complexity index is 703. The van der Waals surface area contributed by atoms with Gasteiger partial charge in [0.25, 0.3) is 0 Å².